The Morgan fingerprint density at radius 2 is 1.84 bits per heavy atom. The summed E-state index contributed by atoms with van der Waals surface area (Å²) in [5.74, 6) is 0. The van der Waals surface area contributed by atoms with Crippen LogP contribution in [0.2, 0.25) is 4.34 Å². The maximum atomic E-state index is 6.18. The van der Waals surface area contributed by atoms with Crippen molar-refractivity contribution in [1.82, 2.24) is 0 Å². The van der Waals surface area contributed by atoms with Crippen LogP contribution in [-0.4, -0.2) is 0 Å². The Hall–Kier alpha value is 0.170. The second-order valence-electron chi connectivity index (χ2n) is 5.13. The molecule has 1 aliphatic rings. The maximum Gasteiger partial charge on any atom is 0.0960 e. The number of fused-ring (bicyclic) bond motifs is 1. The van der Waals surface area contributed by atoms with Crippen LogP contribution in [0.5, 0.6) is 0 Å². The smallest absolute Gasteiger partial charge is 0.0960 e. The summed E-state index contributed by atoms with van der Waals surface area (Å²) in [6.45, 7) is 2.08. The Balaban J connectivity index is 1.89. The van der Waals surface area contributed by atoms with Gasteiger partial charge < -0.3 is 0 Å². The van der Waals surface area contributed by atoms with Gasteiger partial charge in [0.15, 0.2) is 0 Å². The van der Waals surface area contributed by atoms with Gasteiger partial charge in [-0.2, -0.15) is 0 Å². The molecule has 0 saturated heterocycles. The zero-order chi connectivity index (χ0) is 13.4. The molecule has 1 unspecified atom stereocenters. The van der Waals surface area contributed by atoms with Gasteiger partial charge in [-0.25, -0.2) is 0 Å². The van der Waals surface area contributed by atoms with Crippen molar-refractivity contribution in [3.05, 3.63) is 42.2 Å². The van der Waals surface area contributed by atoms with E-state index in [9.17, 15) is 0 Å². The molecule has 0 aromatic carbocycles. The van der Waals surface area contributed by atoms with Crippen molar-refractivity contribution < 1.29 is 0 Å². The second-order valence-corrected chi connectivity index (χ2v) is 8.90. The van der Waals surface area contributed by atoms with Gasteiger partial charge in [0.05, 0.1) is 9.16 Å². The number of thiophene rings is 2. The molecule has 0 radical (unpaired) electrons. The Morgan fingerprint density at radius 1 is 1.11 bits per heavy atom. The number of alkyl halides is 1. The third-order valence-electron chi connectivity index (χ3n) is 3.64. The molecule has 0 saturated carbocycles. The van der Waals surface area contributed by atoms with Gasteiger partial charge in [-0.05, 0) is 55.9 Å². The van der Waals surface area contributed by atoms with Crippen molar-refractivity contribution >= 4 is 50.2 Å². The van der Waals surface area contributed by atoms with E-state index >= 15 is 0 Å². The molecule has 0 bridgehead atoms. The molecule has 2 heterocycles. The van der Waals surface area contributed by atoms with Gasteiger partial charge in [0.1, 0.15) is 0 Å². The lowest BCUT2D eigenvalue weighted by Gasteiger charge is -2.04. The van der Waals surface area contributed by atoms with Crippen LogP contribution in [0, 0.1) is 6.92 Å². The fourth-order valence-electron chi connectivity index (χ4n) is 2.56. The molecule has 0 nitrogen and oxygen atoms in total. The summed E-state index contributed by atoms with van der Waals surface area (Å²) >= 11 is 13.7. The highest BCUT2D eigenvalue weighted by molar-refractivity contribution is 9.09. The normalized spacial score (nSPS) is 17.0. The van der Waals surface area contributed by atoms with Crippen LogP contribution < -0.4 is 0 Å². The summed E-state index contributed by atoms with van der Waals surface area (Å²) in [5, 5.41) is 0. The molecule has 0 spiro atoms. The fourth-order valence-corrected chi connectivity index (χ4v) is 5.93. The molecule has 2 aromatic heterocycles. The highest BCUT2D eigenvalue weighted by Gasteiger charge is 2.20. The van der Waals surface area contributed by atoms with Crippen LogP contribution in [0.3, 0.4) is 0 Å². The fraction of sp³-hybridized carbons (Fsp3) is 0.467. The van der Waals surface area contributed by atoms with Crippen molar-refractivity contribution in [2.75, 3.05) is 0 Å². The zero-order valence-electron chi connectivity index (χ0n) is 10.8. The van der Waals surface area contributed by atoms with Crippen LogP contribution in [0.4, 0.5) is 0 Å². The van der Waals surface area contributed by atoms with Crippen LogP contribution >= 0.6 is 50.2 Å². The van der Waals surface area contributed by atoms with Gasteiger partial charge in [0.2, 0.25) is 0 Å². The first-order chi connectivity index (χ1) is 9.15. The Morgan fingerprint density at radius 3 is 2.58 bits per heavy atom. The topological polar surface area (TPSA) is 0 Å². The average molecular weight is 376 g/mol. The lowest BCUT2D eigenvalue weighted by atomic mass is 10.1. The molecule has 0 aliphatic heterocycles. The first-order valence-electron chi connectivity index (χ1n) is 6.66. The van der Waals surface area contributed by atoms with Crippen LogP contribution in [0.1, 0.15) is 49.8 Å². The monoisotopic (exact) mass is 374 g/mol. The largest absolute Gasteiger partial charge is 0.144 e. The highest BCUT2D eigenvalue weighted by Crippen LogP contribution is 2.43. The summed E-state index contributed by atoms with van der Waals surface area (Å²) in [5.41, 5.74) is 2.77. The molecule has 3 rings (SSSR count). The third kappa shape index (κ3) is 2.94. The molecule has 2 aromatic rings. The highest BCUT2D eigenvalue weighted by atomic mass is 79.9. The van der Waals surface area contributed by atoms with Crippen LogP contribution in [-0.2, 0) is 12.8 Å². The molecule has 0 fully saturated rings. The summed E-state index contributed by atoms with van der Waals surface area (Å²) < 4.78 is 0.914. The number of rotatable bonds is 2. The van der Waals surface area contributed by atoms with Gasteiger partial charge in [-0.1, -0.05) is 34.0 Å². The third-order valence-corrected chi connectivity index (χ3v) is 8.16. The van der Waals surface area contributed by atoms with E-state index in [4.69, 9.17) is 11.6 Å². The summed E-state index contributed by atoms with van der Waals surface area (Å²) in [4.78, 5) is 4.67. The standard InChI is InChI=1S/C15H16BrClS2/c1-9-7-12(19-15(9)17)14(16)13-8-10-5-3-2-4-6-11(10)18-13/h7-8,14H,2-6H2,1H3. The van der Waals surface area contributed by atoms with E-state index in [0.29, 0.717) is 4.83 Å². The molecular weight excluding hydrogens is 360 g/mol. The molecule has 4 heteroatoms. The molecular formula is C15H16BrClS2. The average Bonchev–Trinajstić information content (AvgIpc) is 2.87. The molecule has 19 heavy (non-hydrogen) atoms. The van der Waals surface area contributed by atoms with Crippen molar-refractivity contribution in [3.63, 3.8) is 0 Å². The molecule has 1 atom stereocenters. The Kier molecular flexibility index (Phi) is 4.37. The molecule has 102 valence electrons. The predicted molar refractivity (Wildman–Crippen MR) is 90.4 cm³/mol. The van der Waals surface area contributed by atoms with E-state index in [-0.39, 0.29) is 0 Å². The minimum absolute atomic E-state index is 0.306. The van der Waals surface area contributed by atoms with Crippen molar-refractivity contribution in [3.8, 4) is 0 Å². The van der Waals surface area contributed by atoms with E-state index in [0.717, 1.165) is 4.34 Å². The summed E-state index contributed by atoms with van der Waals surface area (Å²) in [7, 11) is 0. The van der Waals surface area contributed by atoms with Crippen molar-refractivity contribution in [2.45, 2.75) is 43.9 Å². The van der Waals surface area contributed by atoms with E-state index in [1.165, 1.54) is 47.4 Å². The lowest BCUT2D eigenvalue weighted by Crippen LogP contribution is -1.85. The summed E-state index contributed by atoms with van der Waals surface area (Å²) in [6.07, 6.45) is 6.61. The number of hydrogen-bond acceptors (Lipinski definition) is 2. The Labute approximate surface area is 135 Å². The van der Waals surface area contributed by atoms with Crippen LogP contribution in [0.25, 0.3) is 0 Å². The minimum Gasteiger partial charge on any atom is -0.144 e. The zero-order valence-corrected chi connectivity index (χ0v) is 14.8. The van der Waals surface area contributed by atoms with Crippen LogP contribution in [0.15, 0.2) is 12.1 Å². The van der Waals surface area contributed by atoms with E-state index < -0.39 is 0 Å². The molecule has 1 aliphatic carbocycles. The predicted octanol–water partition coefficient (Wildman–Crippen LogP) is 6.52. The van der Waals surface area contributed by atoms with Gasteiger partial charge in [0.25, 0.3) is 0 Å². The van der Waals surface area contributed by atoms with E-state index in [2.05, 4.69) is 35.0 Å². The minimum atomic E-state index is 0.306. The number of aryl methyl sites for hydroxylation is 3. The van der Waals surface area contributed by atoms with Gasteiger partial charge in [-0.3, -0.25) is 0 Å². The van der Waals surface area contributed by atoms with Crippen molar-refractivity contribution in [1.29, 1.82) is 0 Å². The molecule has 0 amide bonds. The summed E-state index contributed by atoms with van der Waals surface area (Å²) in [6, 6.07) is 4.62. The first-order valence-corrected chi connectivity index (χ1v) is 9.59. The van der Waals surface area contributed by atoms with E-state index in [1.54, 1.807) is 21.8 Å². The first kappa shape index (κ1) is 14.1. The lowest BCUT2D eigenvalue weighted by molar-refractivity contribution is 0.712. The molecule has 0 N–H and O–H groups in total. The van der Waals surface area contributed by atoms with Crippen molar-refractivity contribution in [2.24, 2.45) is 0 Å². The number of halogens is 2. The van der Waals surface area contributed by atoms with E-state index in [1.807, 2.05) is 11.3 Å². The van der Waals surface area contributed by atoms with Gasteiger partial charge >= 0.3 is 0 Å². The maximum absolute atomic E-state index is 6.18. The number of hydrogen-bond donors (Lipinski definition) is 0. The quantitative estimate of drug-likeness (QED) is 0.414. The SMILES string of the molecule is Cc1cc(C(Br)c2cc3c(s2)CCCCC3)sc1Cl. The Bertz CT molecular complexity index is 542. The van der Waals surface area contributed by atoms with Gasteiger partial charge in [0, 0.05) is 14.6 Å². The van der Waals surface area contributed by atoms with Gasteiger partial charge in [-0.15, -0.1) is 22.7 Å². The second kappa shape index (κ2) is 5.88.